The van der Waals surface area contributed by atoms with Gasteiger partial charge in [-0.1, -0.05) is 18.2 Å². The van der Waals surface area contributed by atoms with Crippen LogP contribution in [0.25, 0.3) is 16.9 Å². The number of hydrogen-bond donors (Lipinski definition) is 1. The van der Waals surface area contributed by atoms with Crippen LogP contribution in [0.2, 0.25) is 0 Å². The highest BCUT2D eigenvalue weighted by atomic mass is 19.1. The van der Waals surface area contributed by atoms with Crippen molar-refractivity contribution in [3.05, 3.63) is 60.2 Å². The quantitative estimate of drug-likeness (QED) is 0.796. The Kier molecular flexibility index (Phi) is 2.95. The Morgan fingerprint density at radius 1 is 1.20 bits per heavy atom. The molecular weight excluding hydrogens is 259 g/mol. The number of pyridine rings is 1. The molecule has 5 heteroatoms. The number of hydrogen-bond acceptors (Lipinski definition) is 2. The number of carboxylic acid groups (broad SMARTS) is 1. The molecule has 0 fully saturated rings. The van der Waals surface area contributed by atoms with Crippen molar-refractivity contribution in [2.45, 2.75) is 6.42 Å². The van der Waals surface area contributed by atoms with Crippen molar-refractivity contribution in [3.8, 4) is 11.4 Å². The smallest absolute Gasteiger partial charge is 0.309 e. The van der Waals surface area contributed by atoms with Crippen molar-refractivity contribution in [3.63, 3.8) is 0 Å². The molecule has 0 amide bonds. The Morgan fingerprint density at radius 2 is 1.95 bits per heavy atom. The Bertz CT molecular complexity index is 795. The summed E-state index contributed by atoms with van der Waals surface area (Å²) in [5, 5.41) is 8.94. The van der Waals surface area contributed by atoms with Crippen LogP contribution in [-0.2, 0) is 11.2 Å². The minimum absolute atomic E-state index is 0.192. The molecule has 0 atom stereocenters. The largest absolute Gasteiger partial charge is 0.481 e. The summed E-state index contributed by atoms with van der Waals surface area (Å²) in [7, 11) is 0. The molecule has 0 bridgehead atoms. The molecule has 1 N–H and O–H groups in total. The fourth-order valence-electron chi connectivity index (χ4n) is 2.21. The molecule has 0 spiro atoms. The number of aliphatic carboxylic acids is 1. The summed E-state index contributed by atoms with van der Waals surface area (Å²) in [4.78, 5) is 15.2. The predicted octanol–water partition coefficient (Wildman–Crippen LogP) is 2.77. The van der Waals surface area contributed by atoms with Gasteiger partial charge in [-0.25, -0.2) is 9.37 Å². The lowest BCUT2D eigenvalue weighted by Crippen LogP contribution is -2.00. The Labute approximate surface area is 114 Å². The fraction of sp³-hybridized carbons (Fsp3) is 0.0667. The highest BCUT2D eigenvalue weighted by Gasteiger charge is 2.16. The van der Waals surface area contributed by atoms with Gasteiger partial charge in [0.1, 0.15) is 11.6 Å². The number of aromatic nitrogens is 2. The van der Waals surface area contributed by atoms with Gasteiger partial charge in [0.05, 0.1) is 23.2 Å². The molecule has 0 saturated carbocycles. The second kappa shape index (κ2) is 4.77. The Balaban J connectivity index is 2.26. The van der Waals surface area contributed by atoms with Crippen LogP contribution in [0.3, 0.4) is 0 Å². The molecule has 2 aromatic heterocycles. The van der Waals surface area contributed by atoms with Crippen LogP contribution in [0.1, 0.15) is 5.69 Å². The third-order valence-corrected chi connectivity index (χ3v) is 3.06. The van der Waals surface area contributed by atoms with E-state index in [2.05, 4.69) is 4.98 Å². The fourth-order valence-corrected chi connectivity index (χ4v) is 2.21. The molecular formula is C15H11FN2O2. The molecule has 0 aliphatic rings. The molecule has 0 unspecified atom stereocenters. The second-order valence-electron chi connectivity index (χ2n) is 4.39. The monoisotopic (exact) mass is 270 g/mol. The maximum Gasteiger partial charge on any atom is 0.309 e. The molecule has 3 aromatic rings. The van der Waals surface area contributed by atoms with Crippen LogP contribution >= 0.6 is 0 Å². The molecule has 1 aromatic carbocycles. The number of rotatable bonds is 3. The van der Waals surface area contributed by atoms with E-state index in [4.69, 9.17) is 5.11 Å². The predicted molar refractivity (Wildman–Crippen MR) is 71.9 cm³/mol. The summed E-state index contributed by atoms with van der Waals surface area (Å²) in [6.45, 7) is 0. The summed E-state index contributed by atoms with van der Waals surface area (Å²) < 4.78 is 15.6. The van der Waals surface area contributed by atoms with Gasteiger partial charge >= 0.3 is 5.97 Å². The number of nitrogens with zero attached hydrogens (tertiary/aromatic N) is 2. The van der Waals surface area contributed by atoms with Crippen molar-refractivity contribution < 1.29 is 14.3 Å². The van der Waals surface area contributed by atoms with Gasteiger partial charge in [0.15, 0.2) is 0 Å². The summed E-state index contributed by atoms with van der Waals surface area (Å²) in [5.74, 6) is -0.936. The molecule has 2 heterocycles. The van der Waals surface area contributed by atoms with E-state index < -0.39 is 5.97 Å². The third kappa shape index (κ3) is 2.03. The molecule has 3 rings (SSSR count). The molecule has 0 saturated heterocycles. The van der Waals surface area contributed by atoms with Gasteiger partial charge in [-0.15, -0.1) is 0 Å². The van der Waals surface area contributed by atoms with Crippen molar-refractivity contribution in [2.75, 3.05) is 0 Å². The highest BCUT2D eigenvalue weighted by Crippen LogP contribution is 2.25. The lowest BCUT2D eigenvalue weighted by atomic mass is 10.2. The number of fused-ring (bicyclic) bond motifs is 1. The van der Waals surface area contributed by atoms with E-state index >= 15 is 0 Å². The van der Waals surface area contributed by atoms with E-state index in [1.165, 1.54) is 6.07 Å². The zero-order valence-corrected chi connectivity index (χ0v) is 10.5. The number of imidazole rings is 1. The van der Waals surface area contributed by atoms with Gasteiger partial charge in [0, 0.05) is 6.20 Å². The van der Waals surface area contributed by atoms with Crippen LogP contribution in [-0.4, -0.2) is 20.5 Å². The van der Waals surface area contributed by atoms with E-state index in [0.29, 0.717) is 22.6 Å². The van der Waals surface area contributed by atoms with Crippen molar-refractivity contribution in [1.29, 1.82) is 0 Å². The van der Waals surface area contributed by atoms with E-state index in [9.17, 15) is 9.18 Å². The zero-order chi connectivity index (χ0) is 14.1. The first-order chi connectivity index (χ1) is 9.66. The topological polar surface area (TPSA) is 54.6 Å². The Hall–Kier alpha value is -2.69. The van der Waals surface area contributed by atoms with E-state index in [1.54, 1.807) is 47.0 Å². The zero-order valence-electron chi connectivity index (χ0n) is 10.5. The van der Waals surface area contributed by atoms with Crippen LogP contribution in [0.15, 0.2) is 48.7 Å². The lowest BCUT2D eigenvalue weighted by Gasteiger charge is -2.01. The minimum Gasteiger partial charge on any atom is -0.481 e. The number of benzene rings is 1. The highest BCUT2D eigenvalue weighted by molar-refractivity contribution is 5.75. The summed E-state index contributed by atoms with van der Waals surface area (Å²) >= 11 is 0. The van der Waals surface area contributed by atoms with Crippen molar-refractivity contribution >= 4 is 11.5 Å². The average Bonchev–Trinajstić information content (AvgIpc) is 2.78. The number of halogens is 1. The number of carboxylic acids is 1. The first kappa shape index (κ1) is 12.3. The van der Waals surface area contributed by atoms with Gasteiger partial charge in [0.2, 0.25) is 0 Å². The third-order valence-electron chi connectivity index (χ3n) is 3.06. The van der Waals surface area contributed by atoms with Crippen molar-refractivity contribution in [2.24, 2.45) is 0 Å². The van der Waals surface area contributed by atoms with Crippen LogP contribution in [0, 0.1) is 5.82 Å². The first-order valence-electron chi connectivity index (χ1n) is 6.09. The lowest BCUT2D eigenvalue weighted by molar-refractivity contribution is -0.136. The van der Waals surface area contributed by atoms with Crippen molar-refractivity contribution in [1.82, 2.24) is 9.38 Å². The van der Waals surface area contributed by atoms with E-state index in [-0.39, 0.29) is 12.2 Å². The Morgan fingerprint density at radius 3 is 2.70 bits per heavy atom. The number of carbonyl (C=O) groups is 1. The standard InChI is InChI=1S/C15H11FN2O2/c16-11-6-2-1-5-10(11)15-17-12(9-14(19)20)13-7-3-4-8-18(13)15/h1-8H,9H2,(H,19,20). The summed E-state index contributed by atoms with van der Waals surface area (Å²) in [6, 6.07) is 11.7. The maximum atomic E-state index is 13.9. The molecule has 0 aliphatic carbocycles. The molecule has 20 heavy (non-hydrogen) atoms. The van der Waals surface area contributed by atoms with Crippen LogP contribution < -0.4 is 0 Å². The SMILES string of the molecule is O=C(O)Cc1nc(-c2ccccc2F)n2ccccc12. The van der Waals surface area contributed by atoms with E-state index in [0.717, 1.165) is 0 Å². The average molecular weight is 270 g/mol. The van der Waals surface area contributed by atoms with Gasteiger partial charge in [0.25, 0.3) is 0 Å². The van der Waals surface area contributed by atoms with Gasteiger partial charge in [-0.2, -0.15) is 0 Å². The summed E-state index contributed by atoms with van der Waals surface area (Å²) in [5.41, 5.74) is 1.45. The summed E-state index contributed by atoms with van der Waals surface area (Å²) in [6.07, 6.45) is 1.55. The van der Waals surface area contributed by atoms with Gasteiger partial charge in [-0.05, 0) is 24.3 Å². The second-order valence-corrected chi connectivity index (χ2v) is 4.39. The normalized spacial score (nSPS) is 10.8. The van der Waals surface area contributed by atoms with E-state index in [1.807, 2.05) is 0 Å². The van der Waals surface area contributed by atoms with Crippen LogP contribution in [0.4, 0.5) is 4.39 Å². The van der Waals surface area contributed by atoms with Crippen LogP contribution in [0.5, 0.6) is 0 Å². The molecule has 100 valence electrons. The first-order valence-corrected chi connectivity index (χ1v) is 6.09. The van der Waals surface area contributed by atoms with Gasteiger partial charge in [-0.3, -0.25) is 9.20 Å². The molecule has 0 radical (unpaired) electrons. The molecule has 4 nitrogen and oxygen atoms in total. The maximum absolute atomic E-state index is 13.9. The molecule has 0 aliphatic heterocycles. The van der Waals surface area contributed by atoms with Gasteiger partial charge < -0.3 is 5.11 Å². The minimum atomic E-state index is -0.964.